The largest absolute Gasteiger partial charge is 0.233 e. The standard InChI is InChI=1S/C11H8Cl2FN/c1-2-6-5-7-8(12)3-4-9(14)10(7)15-11(6)13/h3-5H,2H2,1H3. The van der Waals surface area contributed by atoms with Gasteiger partial charge in [-0.15, -0.1) is 0 Å². The molecule has 1 aromatic heterocycles. The molecule has 0 aliphatic heterocycles. The van der Waals surface area contributed by atoms with Crippen LogP contribution in [-0.2, 0) is 6.42 Å². The minimum Gasteiger partial charge on any atom is -0.233 e. The molecule has 0 atom stereocenters. The average molecular weight is 244 g/mol. The molecule has 4 heteroatoms. The van der Waals surface area contributed by atoms with Crippen molar-refractivity contribution < 1.29 is 4.39 Å². The second-order valence-corrected chi connectivity index (χ2v) is 3.98. The summed E-state index contributed by atoms with van der Waals surface area (Å²) in [5.74, 6) is -0.404. The first-order valence-corrected chi connectivity index (χ1v) is 5.32. The Balaban J connectivity index is 2.86. The summed E-state index contributed by atoms with van der Waals surface area (Å²) in [5.41, 5.74) is 1.10. The number of halogens is 3. The first kappa shape index (κ1) is 10.7. The lowest BCUT2D eigenvalue weighted by molar-refractivity contribution is 0.637. The molecule has 1 heterocycles. The Morgan fingerprint density at radius 2 is 2.07 bits per heavy atom. The molecule has 0 radical (unpaired) electrons. The maximum atomic E-state index is 13.4. The first-order chi connectivity index (χ1) is 7.13. The van der Waals surface area contributed by atoms with E-state index in [2.05, 4.69) is 4.98 Å². The third-order valence-corrected chi connectivity index (χ3v) is 2.95. The number of hydrogen-bond donors (Lipinski definition) is 0. The van der Waals surface area contributed by atoms with Crippen LogP contribution in [0.3, 0.4) is 0 Å². The molecule has 15 heavy (non-hydrogen) atoms. The van der Waals surface area contributed by atoms with E-state index < -0.39 is 5.82 Å². The van der Waals surface area contributed by atoms with Gasteiger partial charge in [-0.25, -0.2) is 9.37 Å². The third-order valence-electron chi connectivity index (χ3n) is 2.29. The third kappa shape index (κ3) is 1.80. The summed E-state index contributed by atoms with van der Waals surface area (Å²) in [7, 11) is 0. The Kier molecular flexibility index (Phi) is 2.81. The van der Waals surface area contributed by atoms with Gasteiger partial charge in [-0.05, 0) is 30.2 Å². The number of nitrogens with zero attached hydrogens (tertiary/aromatic N) is 1. The van der Waals surface area contributed by atoms with Crippen LogP contribution in [0.1, 0.15) is 12.5 Å². The SMILES string of the molecule is CCc1cc2c(Cl)ccc(F)c2nc1Cl. The fourth-order valence-corrected chi connectivity index (χ4v) is 1.94. The zero-order valence-corrected chi connectivity index (χ0v) is 9.53. The molecule has 78 valence electrons. The summed E-state index contributed by atoms with van der Waals surface area (Å²) in [6, 6.07) is 4.60. The Labute approximate surface area is 96.8 Å². The zero-order valence-electron chi connectivity index (χ0n) is 8.02. The summed E-state index contributed by atoms with van der Waals surface area (Å²) in [5, 5.41) is 1.44. The van der Waals surface area contributed by atoms with E-state index in [1.54, 1.807) is 6.07 Å². The van der Waals surface area contributed by atoms with Crippen LogP contribution >= 0.6 is 23.2 Å². The van der Waals surface area contributed by atoms with Crippen molar-refractivity contribution in [1.29, 1.82) is 0 Å². The van der Waals surface area contributed by atoms with Gasteiger partial charge in [0.2, 0.25) is 0 Å². The van der Waals surface area contributed by atoms with Crippen LogP contribution in [0.15, 0.2) is 18.2 Å². The molecular formula is C11H8Cl2FN. The minimum absolute atomic E-state index is 0.227. The molecule has 2 rings (SSSR count). The van der Waals surface area contributed by atoms with Gasteiger partial charge in [0.15, 0.2) is 0 Å². The topological polar surface area (TPSA) is 12.9 Å². The van der Waals surface area contributed by atoms with Crippen molar-refractivity contribution >= 4 is 34.1 Å². The summed E-state index contributed by atoms with van der Waals surface area (Å²) in [6.45, 7) is 1.96. The number of rotatable bonds is 1. The van der Waals surface area contributed by atoms with Crippen molar-refractivity contribution in [2.24, 2.45) is 0 Å². The van der Waals surface area contributed by atoms with Crippen molar-refractivity contribution in [3.05, 3.63) is 39.8 Å². The molecule has 2 aromatic rings. The lowest BCUT2D eigenvalue weighted by Crippen LogP contribution is -1.91. The fourth-order valence-electron chi connectivity index (χ4n) is 1.46. The molecule has 0 fully saturated rings. The van der Waals surface area contributed by atoms with Gasteiger partial charge < -0.3 is 0 Å². The van der Waals surface area contributed by atoms with Crippen molar-refractivity contribution in [2.45, 2.75) is 13.3 Å². The maximum absolute atomic E-state index is 13.4. The van der Waals surface area contributed by atoms with Gasteiger partial charge in [0.25, 0.3) is 0 Å². The highest BCUT2D eigenvalue weighted by Gasteiger charge is 2.09. The second kappa shape index (κ2) is 3.95. The number of hydrogen-bond acceptors (Lipinski definition) is 1. The molecule has 0 spiro atoms. The molecule has 0 unspecified atom stereocenters. The van der Waals surface area contributed by atoms with Crippen molar-refractivity contribution in [1.82, 2.24) is 4.98 Å². The van der Waals surface area contributed by atoms with Gasteiger partial charge in [0, 0.05) is 5.39 Å². The molecule has 1 nitrogen and oxygen atoms in total. The highest BCUT2D eigenvalue weighted by molar-refractivity contribution is 6.36. The van der Waals surface area contributed by atoms with Crippen LogP contribution in [-0.4, -0.2) is 4.98 Å². The predicted molar refractivity (Wildman–Crippen MR) is 61.1 cm³/mol. The number of benzene rings is 1. The Hall–Kier alpha value is -0.860. The Morgan fingerprint density at radius 3 is 2.73 bits per heavy atom. The van der Waals surface area contributed by atoms with Crippen LogP contribution in [0.2, 0.25) is 10.2 Å². The highest BCUT2D eigenvalue weighted by Crippen LogP contribution is 2.28. The Morgan fingerprint density at radius 1 is 1.33 bits per heavy atom. The van der Waals surface area contributed by atoms with E-state index in [1.807, 2.05) is 6.92 Å². The molecule has 0 N–H and O–H groups in total. The van der Waals surface area contributed by atoms with E-state index in [4.69, 9.17) is 23.2 Å². The van der Waals surface area contributed by atoms with Gasteiger partial charge in [0.1, 0.15) is 16.5 Å². The van der Waals surface area contributed by atoms with Gasteiger partial charge in [-0.2, -0.15) is 0 Å². The Bertz CT molecular complexity index is 525. The monoisotopic (exact) mass is 243 g/mol. The minimum atomic E-state index is -0.404. The zero-order chi connectivity index (χ0) is 11.0. The van der Waals surface area contributed by atoms with Crippen LogP contribution in [0.25, 0.3) is 10.9 Å². The molecule has 0 aliphatic rings. The molecule has 0 saturated heterocycles. The molecule has 0 bridgehead atoms. The number of pyridine rings is 1. The summed E-state index contributed by atoms with van der Waals surface area (Å²) >= 11 is 11.9. The second-order valence-electron chi connectivity index (χ2n) is 3.22. The first-order valence-electron chi connectivity index (χ1n) is 4.56. The summed E-state index contributed by atoms with van der Waals surface area (Å²) < 4.78 is 13.4. The van der Waals surface area contributed by atoms with Gasteiger partial charge in [-0.1, -0.05) is 30.1 Å². The molecule has 1 aromatic carbocycles. The molecule has 0 amide bonds. The van der Waals surface area contributed by atoms with Crippen molar-refractivity contribution in [2.75, 3.05) is 0 Å². The van der Waals surface area contributed by atoms with E-state index >= 15 is 0 Å². The van der Waals surface area contributed by atoms with E-state index in [0.717, 1.165) is 12.0 Å². The molecular weight excluding hydrogens is 236 g/mol. The lowest BCUT2D eigenvalue weighted by Gasteiger charge is -2.05. The summed E-state index contributed by atoms with van der Waals surface area (Å²) in [6.07, 6.45) is 0.745. The van der Waals surface area contributed by atoms with E-state index in [0.29, 0.717) is 15.6 Å². The van der Waals surface area contributed by atoms with Crippen molar-refractivity contribution in [3.8, 4) is 0 Å². The maximum Gasteiger partial charge on any atom is 0.149 e. The van der Waals surface area contributed by atoms with Crippen LogP contribution < -0.4 is 0 Å². The predicted octanol–water partition coefficient (Wildman–Crippen LogP) is 4.24. The smallest absolute Gasteiger partial charge is 0.149 e. The van der Waals surface area contributed by atoms with Crippen molar-refractivity contribution in [3.63, 3.8) is 0 Å². The van der Waals surface area contributed by atoms with E-state index in [9.17, 15) is 4.39 Å². The van der Waals surface area contributed by atoms with E-state index in [-0.39, 0.29) is 5.52 Å². The fraction of sp³-hybridized carbons (Fsp3) is 0.182. The number of aromatic nitrogens is 1. The van der Waals surface area contributed by atoms with Gasteiger partial charge in [0.05, 0.1) is 5.02 Å². The quantitative estimate of drug-likeness (QED) is 0.683. The van der Waals surface area contributed by atoms with Gasteiger partial charge >= 0.3 is 0 Å². The summed E-state index contributed by atoms with van der Waals surface area (Å²) in [4.78, 5) is 4.01. The highest BCUT2D eigenvalue weighted by atomic mass is 35.5. The molecule has 0 aliphatic carbocycles. The number of aryl methyl sites for hydroxylation is 1. The van der Waals surface area contributed by atoms with Crippen LogP contribution in [0, 0.1) is 5.82 Å². The van der Waals surface area contributed by atoms with Crippen LogP contribution in [0.4, 0.5) is 4.39 Å². The normalized spacial score (nSPS) is 10.9. The average Bonchev–Trinajstić information content (AvgIpc) is 2.23. The number of fused-ring (bicyclic) bond motifs is 1. The van der Waals surface area contributed by atoms with Crippen LogP contribution in [0.5, 0.6) is 0 Å². The molecule has 0 saturated carbocycles. The van der Waals surface area contributed by atoms with E-state index in [1.165, 1.54) is 12.1 Å². The van der Waals surface area contributed by atoms with Gasteiger partial charge in [-0.3, -0.25) is 0 Å². The lowest BCUT2D eigenvalue weighted by atomic mass is 10.1.